The molecule has 0 N–H and O–H groups in total. The number of rotatable bonds is 3. The Kier molecular flexibility index (Phi) is 4.98. The Morgan fingerprint density at radius 1 is 1.40 bits per heavy atom. The third kappa shape index (κ3) is 3.71. The van der Waals surface area contributed by atoms with Crippen LogP contribution in [0.4, 0.5) is 0 Å². The van der Waals surface area contributed by atoms with Crippen LogP contribution < -0.4 is 4.74 Å². The highest BCUT2D eigenvalue weighted by Crippen LogP contribution is 2.27. The Morgan fingerprint density at radius 2 is 2.10 bits per heavy atom. The minimum Gasteiger partial charge on any atom is -0.427 e. The lowest BCUT2D eigenvalue weighted by Crippen LogP contribution is -2.39. The van der Waals surface area contributed by atoms with E-state index in [4.69, 9.17) is 21.1 Å². The van der Waals surface area contributed by atoms with Crippen molar-refractivity contribution in [3.05, 3.63) is 29.8 Å². The van der Waals surface area contributed by atoms with E-state index >= 15 is 0 Å². The van der Waals surface area contributed by atoms with E-state index in [1.807, 2.05) is 12.1 Å². The topological polar surface area (TPSA) is 55.8 Å². The van der Waals surface area contributed by atoms with Gasteiger partial charge in [-0.3, -0.25) is 9.59 Å². The average molecular weight is 298 g/mol. The Balaban J connectivity index is 1.93. The second-order valence-corrected chi connectivity index (χ2v) is 4.79. The molecule has 2 rings (SSSR count). The summed E-state index contributed by atoms with van der Waals surface area (Å²) in [5.74, 6) is 0.0266. The van der Waals surface area contributed by atoms with Gasteiger partial charge in [-0.25, -0.2) is 0 Å². The van der Waals surface area contributed by atoms with Gasteiger partial charge in [0.1, 0.15) is 18.4 Å². The minimum absolute atomic E-state index is 0.0227. The third-order valence-corrected chi connectivity index (χ3v) is 3.30. The summed E-state index contributed by atoms with van der Waals surface area (Å²) in [6.07, 6.45) is 0.663. The van der Waals surface area contributed by atoms with Gasteiger partial charge < -0.3 is 14.4 Å². The average Bonchev–Trinajstić information content (AvgIpc) is 2.47. The maximum atomic E-state index is 11.4. The fraction of sp³-hybridized carbons (Fsp3) is 0.429. The van der Waals surface area contributed by atoms with Gasteiger partial charge in [-0.1, -0.05) is 12.1 Å². The van der Waals surface area contributed by atoms with Crippen LogP contribution in [0.2, 0.25) is 0 Å². The van der Waals surface area contributed by atoms with Crippen LogP contribution >= 0.6 is 11.6 Å². The van der Waals surface area contributed by atoms with E-state index in [-0.39, 0.29) is 30.6 Å². The molecule has 1 amide bonds. The van der Waals surface area contributed by atoms with Crippen LogP contribution in [-0.2, 0) is 14.3 Å². The molecule has 1 unspecified atom stereocenters. The number of carbonyl (C=O) groups excluding carboxylic acids is 2. The zero-order valence-corrected chi connectivity index (χ0v) is 11.9. The maximum Gasteiger partial charge on any atom is 0.308 e. The lowest BCUT2D eigenvalue weighted by molar-refractivity contribution is -0.143. The van der Waals surface area contributed by atoms with Gasteiger partial charge in [-0.15, -0.1) is 11.6 Å². The highest BCUT2D eigenvalue weighted by molar-refractivity contribution is 6.27. The first-order valence-electron chi connectivity index (χ1n) is 6.34. The Hall–Kier alpha value is -1.59. The smallest absolute Gasteiger partial charge is 0.308 e. The van der Waals surface area contributed by atoms with E-state index in [9.17, 15) is 9.59 Å². The van der Waals surface area contributed by atoms with Crippen molar-refractivity contribution in [3.63, 3.8) is 0 Å². The van der Waals surface area contributed by atoms with E-state index in [0.29, 0.717) is 12.3 Å². The summed E-state index contributed by atoms with van der Waals surface area (Å²) >= 11 is 5.51. The molecule has 0 spiro atoms. The molecule has 1 fully saturated rings. The number of carbonyl (C=O) groups is 2. The summed E-state index contributed by atoms with van der Waals surface area (Å²) in [6, 6.07) is 7.19. The van der Waals surface area contributed by atoms with Crippen molar-refractivity contribution in [1.29, 1.82) is 0 Å². The lowest BCUT2D eigenvalue weighted by atomic mass is 10.1. The van der Waals surface area contributed by atoms with Crippen LogP contribution in [0.5, 0.6) is 5.75 Å². The zero-order valence-electron chi connectivity index (χ0n) is 11.2. The van der Waals surface area contributed by atoms with Gasteiger partial charge >= 0.3 is 5.97 Å². The summed E-state index contributed by atoms with van der Waals surface area (Å²) in [6.45, 7) is 2.24. The third-order valence-electron chi connectivity index (χ3n) is 3.07. The fourth-order valence-corrected chi connectivity index (χ4v) is 2.23. The number of hydrogen-bond donors (Lipinski definition) is 0. The molecule has 1 saturated heterocycles. The van der Waals surface area contributed by atoms with Crippen LogP contribution in [0, 0.1) is 0 Å². The molecule has 0 aliphatic carbocycles. The van der Waals surface area contributed by atoms with E-state index < -0.39 is 0 Å². The molecule has 6 heteroatoms. The number of halogens is 1. The predicted octanol–water partition coefficient (Wildman–Crippen LogP) is 2.10. The highest BCUT2D eigenvalue weighted by atomic mass is 35.5. The molecule has 1 aliphatic rings. The molecule has 0 radical (unpaired) electrons. The van der Waals surface area contributed by atoms with Gasteiger partial charge in [0.05, 0.1) is 6.10 Å². The molecule has 0 saturated carbocycles. The van der Waals surface area contributed by atoms with Crippen molar-refractivity contribution in [2.24, 2.45) is 0 Å². The molecule has 20 heavy (non-hydrogen) atoms. The molecule has 1 aromatic rings. The van der Waals surface area contributed by atoms with Crippen LogP contribution in [0.25, 0.3) is 0 Å². The monoisotopic (exact) mass is 297 g/mol. The van der Waals surface area contributed by atoms with Gasteiger partial charge in [0.15, 0.2) is 0 Å². The van der Waals surface area contributed by atoms with Gasteiger partial charge in [0, 0.05) is 13.5 Å². The first kappa shape index (κ1) is 14.8. The first-order valence-corrected chi connectivity index (χ1v) is 6.87. The van der Waals surface area contributed by atoms with Crippen molar-refractivity contribution in [2.75, 3.05) is 19.2 Å². The molecule has 108 valence electrons. The fourth-order valence-electron chi connectivity index (χ4n) is 2.06. The largest absolute Gasteiger partial charge is 0.427 e. The normalized spacial score (nSPS) is 18.7. The molecule has 0 bridgehead atoms. The number of ether oxygens (including phenoxy) is 2. The molecular weight excluding hydrogens is 282 g/mol. The van der Waals surface area contributed by atoms with Crippen molar-refractivity contribution in [1.82, 2.24) is 4.90 Å². The van der Waals surface area contributed by atoms with Gasteiger partial charge in [0.2, 0.25) is 5.91 Å². The molecule has 5 nitrogen and oxygen atoms in total. The molecule has 1 aromatic carbocycles. The molecule has 1 heterocycles. The summed E-state index contributed by atoms with van der Waals surface area (Å²) in [5.41, 5.74) is 0.999. The quantitative estimate of drug-likeness (QED) is 0.487. The van der Waals surface area contributed by atoms with Crippen molar-refractivity contribution < 1.29 is 19.1 Å². The van der Waals surface area contributed by atoms with Crippen molar-refractivity contribution in [2.45, 2.75) is 19.4 Å². The standard InChI is InChI=1S/C14H16ClNO4/c1-10(17)20-12-4-2-11(3-5-12)13-6-7-16(9-19-13)14(18)8-15/h2-5,13H,6-9H2,1H3. The second kappa shape index (κ2) is 6.72. The highest BCUT2D eigenvalue weighted by Gasteiger charge is 2.23. The SMILES string of the molecule is CC(=O)Oc1ccc(C2CCN(C(=O)CCl)CO2)cc1. The van der Waals surface area contributed by atoms with Crippen LogP contribution in [0.15, 0.2) is 24.3 Å². The number of benzene rings is 1. The Labute approximate surface area is 122 Å². The number of alkyl halides is 1. The number of amides is 1. The van der Waals surface area contributed by atoms with Crippen molar-refractivity contribution in [3.8, 4) is 5.75 Å². The second-order valence-electron chi connectivity index (χ2n) is 4.53. The molecular formula is C14H16ClNO4. The Morgan fingerprint density at radius 3 is 2.60 bits per heavy atom. The van der Waals surface area contributed by atoms with Crippen LogP contribution in [0.1, 0.15) is 25.0 Å². The minimum atomic E-state index is -0.345. The lowest BCUT2D eigenvalue weighted by Gasteiger charge is -2.32. The van der Waals surface area contributed by atoms with E-state index in [2.05, 4.69) is 0 Å². The van der Waals surface area contributed by atoms with Gasteiger partial charge in [0.25, 0.3) is 0 Å². The van der Waals surface area contributed by atoms with Crippen LogP contribution in [0.3, 0.4) is 0 Å². The molecule has 1 atom stereocenters. The van der Waals surface area contributed by atoms with E-state index in [1.165, 1.54) is 6.92 Å². The summed E-state index contributed by atoms with van der Waals surface area (Å²) in [5, 5.41) is 0. The zero-order chi connectivity index (χ0) is 14.5. The van der Waals surface area contributed by atoms with E-state index in [0.717, 1.165) is 12.0 Å². The summed E-state index contributed by atoms with van der Waals surface area (Å²) in [7, 11) is 0. The number of hydrogen-bond acceptors (Lipinski definition) is 4. The first-order chi connectivity index (χ1) is 9.60. The molecule has 0 aromatic heterocycles. The van der Waals surface area contributed by atoms with Gasteiger partial charge in [-0.2, -0.15) is 0 Å². The Bertz CT molecular complexity index is 480. The summed E-state index contributed by atoms with van der Waals surface area (Å²) < 4.78 is 10.6. The number of nitrogens with zero attached hydrogens (tertiary/aromatic N) is 1. The van der Waals surface area contributed by atoms with Crippen LogP contribution in [-0.4, -0.2) is 35.9 Å². The number of esters is 1. The summed E-state index contributed by atoms with van der Waals surface area (Å²) in [4.78, 5) is 23.8. The predicted molar refractivity (Wildman–Crippen MR) is 73.5 cm³/mol. The molecule has 1 aliphatic heterocycles. The van der Waals surface area contributed by atoms with Gasteiger partial charge in [-0.05, 0) is 24.1 Å². The van der Waals surface area contributed by atoms with E-state index in [1.54, 1.807) is 17.0 Å². The van der Waals surface area contributed by atoms with Crippen molar-refractivity contribution >= 4 is 23.5 Å². The maximum absolute atomic E-state index is 11.4.